The molecule has 10 heteroatoms. The van der Waals surface area contributed by atoms with Crippen molar-refractivity contribution in [2.24, 2.45) is 0 Å². The van der Waals surface area contributed by atoms with Crippen LogP contribution in [0.4, 0.5) is 10.1 Å². The summed E-state index contributed by atoms with van der Waals surface area (Å²) in [5.41, 5.74) is 1.25. The topological polar surface area (TPSA) is 96.0 Å². The zero-order chi connectivity index (χ0) is 27.7. The fourth-order valence-corrected chi connectivity index (χ4v) is 4.91. The third kappa shape index (κ3) is 7.55. The Labute approximate surface area is 223 Å². The number of para-hydroxylation sites is 1. The van der Waals surface area contributed by atoms with Crippen LogP contribution in [0.5, 0.6) is 5.75 Å². The Morgan fingerprint density at radius 1 is 0.974 bits per heavy atom. The molecule has 0 heterocycles. The summed E-state index contributed by atoms with van der Waals surface area (Å²) in [4.78, 5) is 28.5. The predicted octanol–water partition coefficient (Wildman–Crippen LogP) is 3.38. The standard InChI is InChI=1S/C28H32FN3O5S/c1-4-30-28(34)26(18-21-11-6-5-7-12-21)31(19-22-13-10-14-23(17-22)37-2)27(33)20-32(38(3,35)36)25-16-9-8-15-24(25)29/h5-17,26H,4,18-20H2,1-3H3,(H,30,34)/t26-/m0/s1. The van der Waals surface area contributed by atoms with Gasteiger partial charge in [-0.15, -0.1) is 0 Å². The van der Waals surface area contributed by atoms with Gasteiger partial charge < -0.3 is 15.0 Å². The van der Waals surface area contributed by atoms with Crippen LogP contribution in [0, 0.1) is 5.82 Å². The molecule has 38 heavy (non-hydrogen) atoms. The van der Waals surface area contributed by atoms with Gasteiger partial charge in [-0.2, -0.15) is 0 Å². The minimum Gasteiger partial charge on any atom is -0.497 e. The third-order valence-electron chi connectivity index (χ3n) is 5.91. The summed E-state index contributed by atoms with van der Waals surface area (Å²) in [7, 11) is -2.52. The van der Waals surface area contributed by atoms with Gasteiger partial charge in [-0.05, 0) is 42.3 Å². The molecule has 0 bridgehead atoms. The normalized spacial score (nSPS) is 11.9. The van der Waals surface area contributed by atoms with Crippen molar-refractivity contribution in [3.63, 3.8) is 0 Å². The van der Waals surface area contributed by atoms with E-state index >= 15 is 0 Å². The number of benzene rings is 3. The molecule has 1 atom stereocenters. The molecule has 0 saturated heterocycles. The molecule has 3 aromatic rings. The van der Waals surface area contributed by atoms with Gasteiger partial charge in [-0.25, -0.2) is 12.8 Å². The molecule has 0 aliphatic heterocycles. The number of nitrogens with one attached hydrogen (secondary N) is 1. The van der Waals surface area contributed by atoms with Gasteiger partial charge in [0.05, 0.1) is 19.1 Å². The number of carbonyl (C=O) groups is 2. The molecule has 0 aliphatic carbocycles. The van der Waals surface area contributed by atoms with Crippen molar-refractivity contribution >= 4 is 27.5 Å². The average Bonchev–Trinajstić information content (AvgIpc) is 2.90. The Balaban J connectivity index is 2.06. The van der Waals surface area contributed by atoms with E-state index in [1.165, 1.54) is 30.2 Å². The van der Waals surface area contributed by atoms with Gasteiger partial charge in [0.25, 0.3) is 0 Å². The van der Waals surface area contributed by atoms with Crippen molar-refractivity contribution in [1.29, 1.82) is 0 Å². The first-order valence-corrected chi connectivity index (χ1v) is 13.9. The van der Waals surface area contributed by atoms with Crippen LogP contribution in [0.15, 0.2) is 78.9 Å². The van der Waals surface area contributed by atoms with E-state index in [1.54, 1.807) is 31.2 Å². The highest BCUT2D eigenvalue weighted by Crippen LogP contribution is 2.23. The number of ether oxygens (including phenoxy) is 1. The quantitative estimate of drug-likeness (QED) is 0.379. The number of methoxy groups -OCH3 is 1. The molecule has 0 unspecified atom stereocenters. The van der Waals surface area contributed by atoms with Crippen molar-refractivity contribution in [2.75, 3.05) is 30.8 Å². The van der Waals surface area contributed by atoms with E-state index in [0.717, 1.165) is 22.2 Å². The lowest BCUT2D eigenvalue weighted by Gasteiger charge is -2.33. The summed E-state index contributed by atoms with van der Waals surface area (Å²) in [6, 6.07) is 20.6. The maximum absolute atomic E-state index is 14.6. The highest BCUT2D eigenvalue weighted by molar-refractivity contribution is 7.92. The van der Waals surface area contributed by atoms with Crippen molar-refractivity contribution in [3.8, 4) is 5.75 Å². The SMILES string of the molecule is CCNC(=O)[C@H](Cc1ccccc1)N(Cc1cccc(OC)c1)C(=O)CN(c1ccccc1F)S(C)(=O)=O. The fraction of sp³-hybridized carbons (Fsp3) is 0.286. The lowest BCUT2D eigenvalue weighted by atomic mass is 10.0. The van der Waals surface area contributed by atoms with Gasteiger partial charge in [0.1, 0.15) is 24.2 Å². The smallest absolute Gasteiger partial charge is 0.244 e. The summed E-state index contributed by atoms with van der Waals surface area (Å²) in [5.74, 6) is -1.26. The van der Waals surface area contributed by atoms with Gasteiger partial charge in [0.15, 0.2) is 0 Å². The maximum atomic E-state index is 14.6. The van der Waals surface area contributed by atoms with Crippen LogP contribution in [-0.2, 0) is 32.6 Å². The van der Waals surface area contributed by atoms with E-state index in [9.17, 15) is 22.4 Å². The van der Waals surface area contributed by atoms with Crippen LogP contribution in [-0.4, -0.2) is 57.6 Å². The molecule has 0 saturated carbocycles. The van der Waals surface area contributed by atoms with Gasteiger partial charge in [0, 0.05) is 19.5 Å². The summed E-state index contributed by atoms with van der Waals surface area (Å²) >= 11 is 0. The summed E-state index contributed by atoms with van der Waals surface area (Å²) in [6.07, 6.45) is 1.10. The van der Waals surface area contributed by atoms with Crippen LogP contribution in [0.1, 0.15) is 18.1 Å². The fourth-order valence-electron chi connectivity index (χ4n) is 4.06. The van der Waals surface area contributed by atoms with Crippen LogP contribution in [0.3, 0.4) is 0 Å². The van der Waals surface area contributed by atoms with E-state index in [0.29, 0.717) is 17.9 Å². The number of carbonyl (C=O) groups excluding carboxylic acids is 2. The largest absolute Gasteiger partial charge is 0.497 e. The zero-order valence-electron chi connectivity index (χ0n) is 21.6. The minimum atomic E-state index is -4.04. The first-order valence-electron chi connectivity index (χ1n) is 12.1. The second-order valence-electron chi connectivity index (χ2n) is 8.69. The number of rotatable bonds is 12. The molecule has 3 rings (SSSR count). The molecular formula is C28H32FN3O5S. The first-order chi connectivity index (χ1) is 18.1. The zero-order valence-corrected chi connectivity index (χ0v) is 22.4. The number of sulfonamides is 1. The Kier molecular flexibility index (Phi) is 9.84. The Bertz CT molecular complexity index is 1350. The number of halogens is 1. The van der Waals surface area contributed by atoms with Gasteiger partial charge in [-0.3, -0.25) is 13.9 Å². The second-order valence-corrected chi connectivity index (χ2v) is 10.6. The number of hydrogen-bond acceptors (Lipinski definition) is 5. The molecule has 0 spiro atoms. The molecule has 0 aromatic heterocycles. The average molecular weight is 542 g/mol. The Morgan fingerprint density at radius 2 is 1.63 bits per heavy atom. The van der Waals surface area contributed by atoms with Crippen molar-refractivity contribution in [3.05, 3.63) is 95.8 Å². The van der Waals surface area contributed by atoms with Crippen molar-refractivity contribution < 1.29 is 27.1 Å². The molecular weight excluding hydrogens is 509 g/mol. The number of anilines is 1. The van der Waals surface area contributed by atoms with E-state index in [4.69, 9.17) is 4.74 Å². The molecule has 2 amide bonds. The highest BCUT2D eigenvalue weighted by atomic mass is 32.2. The lowest BCUT2D eigenvalue weighted by Crippen LogP contribution is -2.53. The van der Waals surface area contributed by atoms with E-state index in [1.807, 2.05) is 30.3 Å². The van der Waals surface area contributed by atoms with Crippen LogP contribution < -0.4 is 14.4 Å². The minimum absolute atomic E-state index is 0.000455. The highest BCUT2D eigenvalue weighted by Gasteiger charge is 2.33. The number of hydrogen-bond donors (Lipinski definition) is 1. The van der Waals surface area contributed by atoms with Crippen molar-refractivity contribution in [1.82, 2.24) is 10.2 Å². The molecule has 0 fully saturated rings. The Hall–Kier alpha value is -3.92. The molecule has 0 radical (unpaired) electrons. The van der Waals surface area contributed by atoms with E-state index < -0.39 is 34.3 Å². The van der Waals surface area contributed by atoms with Crippen molar-refractivity contribution in [2.45, 2.75) is 25.9 Å². The van der Waals surface area contributed by atoms with E-state index in [-0.39, 0.29) is 24.6 Å². The number of likely N-dealkylation sites (N-methyl/N-ethyl adjacent to an activating group) is 1. The number of amides is 2. The summed E-state index contributed by atoms with van der Waals surface area (Å²) in [5, 5.41) is 2.78. The summed E-state index contributed by atoms with van der Waals surface area (Å²) in [6.45, 7) is 1.43. The van der Waals surface area contributed by atoms with E-state index in [2.05, 4.69) is 5.32 Å². The monoisotopic (exact) mass is 541 g/mol. The van der Waals surface area contributed by atoms with Crippen LogP contribution >= 0.6 is 0 Å². The summed E-state index contributed by atoms with van der Waals surface area (Å²) < 4.78 is 46.0. The molecule has 202 valence electrons. The predicted molar refractivity (Wildman–Crippen MR) is 145 cm³/mol. The molecule has 0 aliphatic rings. The van der Waals surface area contributed by atoms with Gasteiger partial charge in [0.2, 0.25) is 21.8 Å². The number of nitrogens with zero attached hydrogens (tertiary/aromatic N) is 2. The molecule has 1 N–H and O–H groups in total. The Morgan fingerprint density at radius 3 is 2.26 bits per heavy atom. The van der Waals surface area contributed by atoms with Crippen LogP contribution in [0.2, 0.25) is 0 Å². The lowest BCUT2D eigenvalue weighted by molar-refractivity contribution is -0.140. The second kappa shape index (κ2) is 13.0. The first kappa shape index (κ1) is 28.6. The van der Waals surface area contributed by atoms with Gasteiger partial charge >= 0.3 is 0 Å². The van der Waals surface area contributed by atoms with Gasteiger partial charge in [-0.1, -0.05) is 54.6 Å². The molecule has 3 aromatic carbocycles. The maximum Gasteiger partial charge on any atom is 0.244 e. The molecule has 8 nitrogen and oxygen atoms in total. The third-order valence-corrected chi connectivity index (χ3v) is 7.04. The van der Waals surface area contributed by atoms with Crippen LogP contribution in [0.25, 0.3) is 0 Å².